The maximum absolute atomic E-state index is 13.3. The summed E-state index contributed by atoms with van der Waals surface area (Å²) < 4.78 is 13.2. The van der Waals surface area contributed by atoms with Gasteiger partial charge in [0.25, 0.3) is 5.91 Å². The van der Waals surface area contributed by atoms with Crippen molar-refractivity contribution in [1.82, 2.24) is 10.2 Å². The molecule has 0 aliphatic carbocycles. The fourth-order valence-corrected chi connectivity index (χ4v) is 4.31. The minimum Gasteiger partial charge on any atom is -0.370 e. The lowest BCUT2D eigenvalue weighted by atomic mass is 9.94. The van der Waals surface area contributed by atoms with Crippen LogP contribution in [0.4, 0.5) is 10.1 Å². The molecule has 30 heavy (non-hydrogen) atoms. The molecule has 2 heterocycles. The molecule has 2 aliphatic heterocycles. The zero-order chi connectivity index (χ0) is 19.3. The number of rotatable bonds is 4. The molecule has 4 rings (SSSR count). The molecule has 2 aliphatic rings. The van der Waals surface area contributed by atoms with Gasteiger partial charge < -0.3 is 15.1 Å². The molecule has 1 atom stereocenters. The van der Waals surface area contributed by atoms with Gasteiger partial charge >= 0.3 is 0 Å². The lowest BCUT2D eigenvalue weighted by Crippen LogP contribution is -2.35. The molecule has 2 aromatic rings. The number of carbonyl (C=O) groups is 1. The van der Waals surface area contributed by atoms with Crippen LogP contribution >= 0.6 is 24.8 Å². The molecule has 1 unspecified atom stereocenters. The molecule has 2 aromatic carbocycles. The maximum atomic E-state index is 13.3. The summed E-state index contributed by atoms with van der Waals surface area (Å²) >= 11 is 0. The number of anilines is 1. The summed E-state index contributed by atoms with van der Waals surface area (Å²) in [6.45, 7) is 5.22. The Morgan fingerprint density at radius 2 is 1.77 bits per heavy atom. The van der Waals surface area contributed by atoms with Crippen LogP contribution < -0.4 is 10.2 Å². The first-order chi connectivity index (χ1) is 13.7. The van der Waals surface area contributed by atoms with E-state index in [2.05, 4.69) is 16.3 Å². The number of hydrogen-bond acceptors (Lipinski definition) is 3. The number of hydrogen-bond donors (Lipinski definition) is 1. The molecule has 1 amide bonds. The van der Waals surface area contributed by atoms with E-state index in [0.29, 0.717) is 12.5 Å². The molecule has 2 fully saturated rings. The second kappa shape index (κ2) is 11.5. The third-order valence-electron chi connectivity index (χ3n) is 5.89. The maximum Gasteiger partial charge on any atom is 0.254 e. The Balaban J connectivity index is 0.00000160. The SMILES string of the molecule is Cl.Cl.O=C(c1ccccc1CC1CCNC1)N1CCCN(c2ccc(F)cc2)CC1. The highest BCUT2D eigenvalue weighted by molar-refractivity contribution is 5.95. The van der Waals surface area contributed by atoms with Crippen molar-refractivity contribution in [2.24, 2.45) is 5.92 Å². The van der Waals surface area contributed by atoms with E-state index in [4.69, 9.17) is 0 Å². The van der Waals surface area contributed by atoms with Crippen molar-refractivity contribution in [3.8, 4) is 0 Å². The fraction of sp³-hybridized carbons (Fsp3) is 0.435. The van der Waals surface area contributed by atoms with Gasteiger partial charge in [0.2, 0.25) is 0 Å². The average molecular weight is 454 g/mol. The van der Waals surface area contributed by atoms with Gasteiger partial charge in [-0.25, -0.2) is 4.39 Å². The first kappa shape index (κ1) is 24.4. The molecule has 7 heteroatoms. The predicted molar refractivity (Wildman–Crippen MR) is 125 cm³/mol. The zero-order valence-corrected chi connectivity index (χ0v) is 18.7. The summed E-state index contributed by atoms with van der Waals surface area (Å²) in [6, 6.07) is 14.7. The Morgan fingerprint density at radius 3 is 2.50 bits per heavy atom. The van der Waals surface area contributed by atoms with E-state index in [1.54, 1.807) is 0 Å². The highest BCUT2D eigenvalue weighted by Gasteiger charge is 2.24. The minimum absolute atomic E-state index is 0. The fourth-order valence-electron chi connectivity index (χ4n) is 4.31. The molecule has 4 nitrogen and oxygen atoms in total. The quantitative estimate of drug-likeness (QED) is 0.753. The average Bonchev–Trinajstić information content (AvgIpc) is 3.10. The van der Waals surface area contributed by atoms with Gasteiger partial charge in [0.15, 0.2) is 0 Å². The van der Waals surface area contributed by atoms with Crippen LogP contribution in [0.2, 0.25) is 0 Å². The summed E-state index contributed by atoms with van der Waals surface area (Å²) in [5.41, 5.74) is 3.04. The molecule has 1 N–H and O–H groups in total. The molecule has 0 radical (unpaired) electrons. The topological polar surface area (TPSA) is 35.6 Å². The molecule has 2 saturated heterocycles. The van der Waals surface area contributed by atoms with Crippen LogP contribution in [-0.4, -0.2) is 50.1 Å². The Bertz CT molecular complexity index is 812. The standard InChI is InChI=1S/C23H28FN3O.2ClH/c24-20-6-8-21(9-7-20)26-12-3-13-27(15-14-26)23(28)22-5-2-1-4-19(22)16-18-10-11-25-17-18;;/h1-2,4-9,18,25H,3,10-17H2;2*1H. The molecule has 164 valence electrons. The van der Waals surface area contributed by atoms with Crippen LogP contribution in [0.5, 0.6) is 0 Å². The van der Waals surface area contributed by atoms with Crippen LogP contribution in [0.1, 0.15) is 28.8 Å². The highest BCUT2D eigenvalue weighted by Crippen LogP contribution is 2.22. The van der Waals surface area contributed by atoms with E-state index in [9.17, 15) is 9.18 Å². The van der Waals surface area contributed by atoms with E-state index < -0.39 is 0 Å². The Morgan fingerprint density at radius 1 is 1.00 bits per heavy atom. The normalized spacial score (nSPS) is 18.9. The molecular weight excluding hydrogens is 424 g/mol. The molecule has 0 bridgehead atoms. The van der Waals surface area contributed by atoms with Gasteiger partial charge in [0.05, 0.1) is 0 Å². The summed E-state index contributed by atoms with van der Waals surface area (Å²) in [5.74, 6) is 0.541. The summed E-state index contributed by atoms with van der Waals surface area (Å²) in [7, 11) is 0. The van der Waals surface area contributed by atoms with Crippen LogP contribution in [0.25, 0.3) is 0 Å². The second-order valence-electron chi connectivity index (χ2n) is 7.83. The summed E-state index contributed by atoms with van der Waals surface area (Å²) in [4.78, 5) is 17.5. The monoisotopic (exact) mass is 453 g/mol. The van der Waals surface area contributed by atoms with Crippen molar-refractivity contribution in [3.63, 3.8) is 0 Å². The van der Waals surface area contributed by atoms with Gasteiger partial charge in [-0.15, -0.1) is 24.8 Å². The van der Waals surface area contributed by atoms with E-state index in [1.165, 1.54) is 24.1 Å². The van der Waals surface area contributed by atoms with Gasteiger partial charge in [-0.2, -0.15) is 0 Å². The largest absolute Gasteiger partial charge is 0.370 e. The van der Waals surface area contributed by atoms with Crippen LogP contribution in [-0.2, 0) is 6.42 Å². The Hall–Kier alpha value is -1.82. The predicted octanol–water partition coefficient (Wildman–Crippen LogP) is 4.17. The van der Waals surface area contributed by atoms with Gasteiger partial charge in [-0.05, 0) is 74.2 Å². The lowest BCUT2D eigenvalue weighted by molar-refractivity contribution is 0.0765. The number of halogens is 3. The molecule has 0 spiro atoms. The first-order valence-electron chi connectivity index (χ1n) is 10.3. The van der Waals surface area contributed by atoms with Crippen molar-refractivity contribution in [3.05, 3.63) is 65.5 Å². The van der Waals surface area contributed by atoms with Crippen molar-refractivity contribution in [2.45, 2.75) is 19.3 Å². The van der Waals surface area contributed by atoms with Crippen molar-refractivity contribution in [1.29, 1.82) is 0 Å². The number of nitrogens with one attached hydrogen (secondary N) is 1. The number of amides is 1. The number of nitrogens with zero attached hydrogens (tertiary/aromatic N) is 2. The van der Waals surface area contributed by atoms with Crippen LogP contribution in [0.3, 0.4) is 0 Å². The number of carbonyl (C=O) groups excluding carboxylic acids is 1. The Kier molecular flexibility index (Phi) is 9.40. The van der Waals surface area contributed by atoms with Crippen LogP contribution in [0.15, 0.2) is 48.5 Å². The smallest absolute Gasteiger partial charge is 0.254 e. The second-order valence-corrected chi connectivity index (χ2v) is 7.83. The van der Waals surface area contributed by atoms with Gasteiger partial charge in [0, 0.05) is 37.4 Å². The van der Waals surface area contributed by atoms with Crippen molar-refractivity contribution >= 4 is 36.4 Å². The first-order valence-corrected chi connectivity index (χ1v) is 10.3. The minimum atomic E-state index is -0.218. The van der Waals surface area contributed by atoms with E-state index in [0.717, 1.165) is 56.8 Å². The molecule has 0 saturated carbocycles. The number of benzene rings is 2. The van der Waals surface area contributed by atoms with E-state index in [1.807, 2.05) is 35.2 Å². The third-order valence-corrected chi connectivity index (χ3v) is 5.89. The molecular formula is C23H30Cl2FN3O. The van der Waals surface area contributed by atoms with Crippen molar-refractivity contribution < 1.29 is 9.18 Å². The van der Waals surface area contributed by atoms with Crippen LogP contribution in [0, 0.1) is 11.7 Å². The molecule has 0 aromatic heterocycles. The van der Waals surface area contributed by atoms with Crippen molar-refractivity contribution in [2.75, 3.05) is 44.2 Å². The summed E-state index contributed by atoms with van der Waals surface area (Å²) in [6.07, 6.45) is 3.06. The highest BCUT2D eigenvalue weighted by atomic mass is 35.5. The van der Waals surface area contributed by atoms with E-state index in [-0.39, 0.29) is 36.5 Å². The van der Waals surface area contributed by atoms with Gasteiger partial charge in [-0.3, -0.25) is 4.79 Å². The van der Waals surface area contributed by atoms with Gasteiger partial charge in [-0.1, -0.05) is 18.2 Å². The lowest BCUT2D eigenvalue weighted by Gasteiger charge is -2.24. The zero-order valence-electron chi connectivity index (χ0n) is 17.1. The Labute approximate surface area is 190 Å². The third kappa shape index (κ3) is 5.87. The van der Waals surface area contributed by atoms with E-state index >= 15 is 0 Å². The summed E-state index contributed by atoms with van der Waals surface area (Å²) in [5, 5.41) is 3.41. The van der Waals surface area contributed by atoms with Gasteiger partial charge in [0.1, 0.15) is 5.82 Å².